The molecule has 0 unspecified atom stereocenters. The molecule has 1 aromatic heterocycles. The lowest BCUT2D eigenvalue weighted by Gasteiger charge is -2.14. The van der Waals surface area contributed by atoms with Crippen molar-refractivity contribution >= 4 is 32.4 Å². The summed E-state index contributed by atoms with van der Waals surface area (Å²) in [6.07, 6.45) is 1.90. The van der Waals surface area contributed by atoms with Crippen molar-refractivity contribution in [3.05, 3.63) is 128 Å². The Bertz CT molecular complexity index is 1930. The molecule has 1 aliphatic rings. The van der Waals surface area contributed by atoms with Crippen molar-refractivity contribution in [1.82, 2.24) is 4.98 Å². The Kier molecular flexibility index (Phi) is 4.00. The molecule has 1 heterocycles. The average Bonchev–Trinajstić information content (AvgIpc) is 3.26. The van der Waals surface area contributed by atoms with E-state index in [0.29, 0.717) is 0 Å². The van der Waals surface area contributed by atoms with Gasteiger partial charge in [0.2, 0.25) is 0 Å². The Morgan fingerprint density at radius 1 is 0.389 bits per heavy atom. The van der Waals surface area contributed by atoms with Crippen molar-refractivity contribution in [1.29, 1.82) is 0 Å². The van der Waals surface area contributed by atoms with Crippen LogP contribution in [0.2, 0.25) is 0 Å². The molecule has 36 heavy (non-hydrogen) atoms. The van der Waals surface area contributed by atoms with Crippen LogP contribution >= 0.6 is 0 Å². The molecule has 0 bridgehead atoms. The number of hydrogen-bond acceptors (Lipinski definition) is 1. The zero-order valence-corrected chi connectivity index (χ0v) is 19.6. The lowest BCUT2D eigenvalue weighted by molar-refractivity contribution is 1.41. The maximum atomic E-state index is 4.89. The minimum atomic E-state index is 1.04. The van der Waals surface area contributed by atoms with E-state index in [1.54, 1.807) is 0 Å². The van der Waals surface area contributed by atoms with Gasteiger partial charge in [-0.2, -0.15) is 0 Å². The number of rotatable bonds is 2. The Hall–Kier alpha value is -4.75. The van der Waals surface area contributed by atoms with Crippen molar-refractivity contribution in [2.24, 2.45) is 0 Å². The van der Waals surface area contributed by atoms with E-state index in [0.717, 1.165) is 5.52 Å². The summed E-state index contributed by atoms with van der Waals surface area (Å²) in [7, 11) is 0. The van der Waals surface area contributed by atoms with Gasteiger partial charge in [-0.1, -0.05) is 103 Å². The first-order valence-electron chi connectivity index (χ1n) is 12.4. The van der Waals surface area contributed by atoms with E-state index >= 15 is 0 Å². The number of hydrogen-bond donors (Lipinski definition) is 0. The normalized spacial score (nSPS) is 11.9. The molecule has 1 nitrogen and oxygen atoms in total. The highest BCUT2D eigenvalue weighted by Gasteiger charge is 2.24. The summed E-state index contributed by atoms with van der Waals surface area (Å²) < 4.78 is 0. The smallest absolute Gasteiger partial charge is 0.0786 e. The Morgan fingerprint density at radius 2 is 1.03 bits per heavy atom. The highest BCUT2D eigenvalue weighted by atomic mass is 14.7. The van der Waals surface area contributed by atoms with Crippen LogP contribution in [0, 0.1) is 0 Å². The monoisotopic (exact) mass is 455 g/mol. The first-order chi connectivity index (χ1) is 17.9. The highest BCUT2D eigenvalue weighted by molar-refractivity contribution is 6.21. The van der Waals surface area contributed by atoms with Crippen molar-refractivity contribution in [3.63, 3.8) is 0 Å². The molecule has 166 valence electrons. The summed E-state index contributed by atoms with van der Waals surface area (Å²) in [5.41, 5.74) is 11.2. The summed E-state index contributed by atoms with van der Waals surface area (Å²) >= 11 is 0. The number of aromatic nitrogens is 1. The van der Waals surface area contributed by atoms with Gasteiger partial charge in [0.25, 0.3) is 0 Å². The SMILES string of the molecule is c1ccc(-c2ccc(-c3ccc4c5c(cccc35)-c3cc5ccccc5cc3-4)c3ncccc23)cc1. The van der Waals surface area contributed by atoms with E-state index in [1.807, 2.05) is 12.3 Å². The van der Waals surface area contributed by atoms with Crippen LogP contribution in [0.25, 0.3) is 77.0 Å². The van der Waals surface area contributed by atoms with Crippen LogP contribution in [0.4, 0.5) is 0 Å². The van der Waals surface area contributed by atoms with Crippen LogP contribution < -0.4 is 0 Å². The van der Waals surface area contributed by atoms with Gasteiger partial charge in [-0.05, 0) is 78.7 Å². The standard InChI is InChI=1S/C35H21N/c1-2-8-22(9-3-1)25-15-18-31(35-30(25)14-7-19-36-35)26-16-17-29-33-21-24-11-5-4-10-23(24)20-32(33)28-13-6-12-27(26)34(28)29/h1-21H. The van der Waals surface area contributed by atoms with Gasteiger partial charge >= 0.3 is 0 Å². The average molecular weight is 456 g/mol. The number of benzene rings is 6. The van der Waals surface area contributed by atoms with Gasteiger partial charge in [-0.25, -0.2) is 0 Å². The number of nitrogens with zero attached hydrogens (tertiary/aromatic N) is 1. The molecule has 7 aromatic rings. The minimum Gasteiger partial charge on any atom is -0.256 e. The Morgan fingerprint density at radius 3 is 1.83 bits per heavy atom. The summed E-state index contributed by atoms with van der Waals surface area (Å²) in [6.45, 7) is 0. The fraction of sp³-hybridized carbons (Fsp3) is 0. The van der Waals surface area contributed by atoms with Gasteiger partial charge in [0.15, 0.2) is 0 Å². The van der Waals surface area contributed by atoms with Crippen LogP contribution in [0.1, 0.15) is 0 Å². The third-order valence-corrected chi connectivity index (χ3v) is 7.65. The fourth-order valence-electron chi connectivity index (χ4n) is 6.04. The molecule has 0 spiro atoms. The molecular weight excluding hydrogens is 434 g/mol. The molecule has 0 N–H and O–H groups in total. The van der Waals surface area contributed by atoms with Crippen molar-refractivity contribution in [2.75, 3.05) is 0 Å². The first kappa shape index (κ1) is 19.5. The van der Waals surface area contributed by atoms with Crippen molar-refractivity contribution in [3.8, 4) is 44.5 Å². The van der Waals surface area contributed by atoms with Crippen LogP contribution in [-0.2, 0) is 0 Å². The van der Waals surface area contributed by atoms with E-state index < -0.39 is 0 Å². The quantitative estimate of drug-likeness (QED) is 0.253. The molecule has 0 aliphatic heterocycles. The maximum absolute atomic E-state index is 4.89. The Labute approximate surface area is 209 Å². The van der Waals surface area contributed by atoms with E-state index in [2.05, 4.69) is 115 Å². The van der Waals surface area contributed by atoms with Crippen LogP contribution in [0.3, 0.4) is 0 Å². The van der Waals surface area contributed by atoms with Gasteiger partial charge in [-0.3, -0.25) is 4.98 Å². The molecular formula is C35H21N. The molecule has 0 saturated carbocycles. The second kappa shape index (κ2) is 7.37. The molecule has 0 saturated heterocycles. The predicted molar refractivity (Wildman–Crippen MR) is 152 cm³/mol. The van der Waals surface area contributed by atoms with Gasteiger partial charge in [-0.15, -0.1) is 0 Å². The molecule has 0 radical (unpaired) electrons. The van der Waals surface area contributed by atoms with E-state index in [4.69, 9.17) is 4.98 Å². The van der Waals surface area contributed by atoms with Gasteiger partial charge < -0.3 is 0 Å². The zero-order valence-electron chi connectivity index (χ0n) is 19.6. The first-order valence-corrected chi connectivity index (χ1v) is 12.4. The Balaban J connectivity index is 1.41. The maximum Gasteiger partial charge on any atom is 0.0786 e. The van der Waals surface area contributed by atoms with E-state index in [-0.39, 0.29) is 0 Å². The summed E-state index contributed by atoms with van der Waals surface area (Å²) in [4.78, 5) is 4.89. The summed E-state index contributed by atoms with van der Waals surface area (Å²) in [5, 5.41) is 6.38. The van der Waals surface area contributed by atoms with Gasteiger partial charge in [0.1, 0.15) is 0 Å². The largest absolute Gasteiger partial charge is 0.256 e. The molecule has 1 aliphatic carbocycles. The lowest BCUT2D eigenvalue weighted by atomic mass is 9.91. The molecule has 0 amide bonds. The molecule has 0 atom stereocenters. The topological polar surface area (TPSA) is 12.9 Å². The van der Waals surface area contributed by atoms with Crippen LogP contribution in [-0.4, -0.2) is 4.98 Å². The molecule has 8 rings (SSSR count). The summed E-state index contributed by atoms with van der Waals surface area (Å²) in [5.74, 6) is 0. The number of pyridine rings is 1. The van der Waals surface area contributed by atoms with Crippen LogP contribution in [0.5, 0.6) is 0 Å². The summed E-state index contributed by atoms with van der Waals surface area (Å²) in [6, 6.07) is 44.0. The van der Waals surface area contributed by atoms with E-state index in [9.17, 15) is 0 Å². The molecule has 6 aromatic carbocycles. The number of fused-ring (bicyclic) bond motifs is 5. The van der Waals surface area contributed by atoms with E-state index in [1.165, 1.54) is 71.4 Å². The molecule has 1 heteroatoms. The highest BCUT2D eigenvalue weighted by Crippen LogP contribution is 2.51. The minimum absolute atomic E-state index is 1.04. The molecule has 0 fully saturated rings. The van der Waals surface area contributed by atoms with Gasteiger partial charge in [0, 0.05) is 17.1 Å². The fourth-order valence-corrected chi connectivity index (χ4v) is 6.04. The predicted octanol–water partition coefficient (Wildman–Crippen LogP) is 9.52. The third kappa shape index (κ3) is 2.68. The second-order valence-electron chi connectivity index (χ2n) is 9.56. The second-order valence-corrected chi connectivity index (χ2v) is 9.56. The third-order valence-electron chi connectivity index (χ3n) is 7.65. The zero-order chi connectivity index (χ0) is 23.6. The van der Waals surface area contributed by atoms with Gasteiger partial charge in [0.05, 0.1) is 5.52 Å². The lowest BCUT2D eigenvalue weighted by Crippen LogP contribution is -1.90. The van der Waals surface area contributed by atoms with Crippen molar-refractivity contribution < 1.29 is 0 Å². The van der Waals surface area contributed by atoms with Crippen LogP contribution in [0.15, 0.2) is 128 Å². The van der Waals surface area contributed by atoms with Crippen molar-refractivity contribution in [2.45, 2.75) is 0 Å².